The van der Waals surface area contributed by atoms with Crippen molar-refractivity contribution < 1.29 is 69.3 Å². The molecule has 3 atom stereocenters. The number of H-pyrrole nitrogens is 1. The number of halogens is 7. The summed E-state index contributed by atoms with van der Waals surface area (Å²) in [5.41, 5.74) is 7.86. The first kappa shape index (κ1) is 46.2. The Labute approximate surface area is 322 Å². The second-order valence-corrected chi connectivity index (χ2v) is 16.2. The van der Waals surface area contributed by atoms with Crippen LogP contribution in [0, 0.1) is 23.7 Å². The van der Waals surface area contributed by atoms with Crippen molar-refractivity contribution in [2.45, 2.75) is 76.3 Å². The normalized spacial score (nSPS) is 22.9. The molecule has 0 unspecified atom stereocenters. The van der Waals surface area contributed by atoms with Crippen LogP contribution in [0.2, 0.25) is 5.15 Å². The van der Waals surface area contributed by atoms with Gasteiger partial charge in [-0.25, -0.2) is 32.1 Å². The van der Waals surface area contributed by atoms with Crippen LogP contribution in [0.25, 0.3) is 11.3 Å². The Morgan fingerprint density at radius 3 is 1.84 bits per heavy atom. The van der Waals surface area contributed by atoms with Crippen LogP contribution in [0.5, 0.6) is 0 Å². The average Bonchev–Trinajstić information content (AvgIpc) is 3.71. The first-order valence-electron chi connectivity index (χ1n) is 17.3. The van der Waals surface area contributed by atoms with Gasteiger partial charge in [0, 0.05) is 42.8 Å². The summed E-state index contributed by atoms with van der Waals surface area (Å²) in [6, 6.07) is 6.67. The van der Waals surface area contributed by atoms with Crippen LogP contribution < -0.4 is 11.1 Å². The third kappa shape index (κ3) is 12.9. The van der Waals surface area contributed by atoms with E-state index in [1.165, 1.54) is 6.26 Å². The van der Waals surface area contributed by atoms with E-state index in [9.17, 15) is 44.3 Å². The number of hydrogen-bond acceptors (Lipinski definition) is 8. The molecule has 1 saturated carbocycles. The lowest BCUT2D eigenvalue weighted by Gasteiger charge is -2.34. The van der Waals surface area contributed by atoms with Crippen molar-refractivity contribution in [3.05, 3.63) is 35.2 Å². The zero-order valence-corrected chi connectivity index (χ0v) is 31.7. The van der Waals surface area contributed by atoms with Crippen LogP contribution in [0.3, 0.4) is 0 Å². The van der Waals surface area contributed by atoms with Gasteiger partial charge in [-0.2, -0.15) is 26.3 Å². The third-order valence-electron chi connectivity index (χ3n) is 10.0. The average molecular weight is 849 g/mol. The van der Waals surface area contributed by atoms with Gasteiger partial charge in [0.2, 0.25) is 15.9 Å². The lowest BCUT2D eigenvalue weighted by Crippen LogP contribution is -2.41. The summed E-state index contributed by atoms with van der Waals surface area (Å²) < 4.78 is 89.1. The standard InChI is InChI=1S/C29H41ClN6O5S.2C2HF3O2/c1-17(31)18-3-5-21(6-4-18)28(37)36-16-22(19-11-13-35(14-12-19)42(2,40)41)15-24(36)27-33-25(26(30)34-27)20-7-9-23(10-8-20)32-29(38)39;2*3-2(4,5)1(6)7/h7-10,17-19,21-22,24,32H,3-6,11-16,31H2,1-2H3,(H,33,34)(H,38,39);2*(H,6,7)/t17-,18?,21?,22-,24-;;/m0../s1. The number of sulfonamides is 1. The van der Waals surface area contributed by atoms with E-state index in [1.807, 2.05) is 11.8 Å². The number of carboxylic acid groups (broad SMARTS) is 3. The minimum atomic E-state index is -5.08. The topological polar surface area (TPSA) is 236 Å². The Morgan fingerprint density at radius 1 is 0.911 bits per heavy atom. The number of benzene rings is 1. The number of amides is 2. The number of nitrogens with one attached hydrogen (secondary N) is 2. The number of aromatic nitrogens is 2. The van der Waals surface area contributed by atoms with E-state index in [0.29, 0.717) is 53.8 Å². The molecule has 1 aromatic carbocycles. The number of nitrogens with zero attached hydrogens (tertiary/aromatic N) is 3. The summed E-state index contributed by atoms with van der Waals surface area (Å²) in [4.78, 5) is 52.9. The van der Waals surface area contributed by atoms with E-state index in [2.05, 4.69) is 10.3 Å². The number of alkyl halides is 6. The zero-order valence-electron chi connectivity index (χ0n) is 30.1. The van der Waals surface area contributed by atoms with Crippen molar-refractivity contribution in [2.75, 3.05) is 31.2 Å². The van der Waals surface area contributed by atoms with E-state index in [1.54, 1.807) is 28.6 Å². The summed E-state index contributed by atoms with van der Waals surface area (Å²) in [7, 11) is -3.22. The fourth-order valence-corrected chi connectivity index (χ4v) is 8.19. The number of piperidine rings is 1. The molecule has 7 N–H and O–H groups in total. The number of nitrogens with two attached hydrogens (primary N) is 1. The Hall–Kier alpha value is -4.15. The molecule has 56 heavy (non-hydrogen) atoms. The van der Waals surface area contributed by atoms with Gasteiger partial charge in [0.25, 0.3) is 0 Å². The van der Waals surface area contributed by atoms with E-state index in [-0.39, 0.29) is 29.8 Å². The minimum absolute atomic E-state index is 0.0486. The first-order valence-corrected chi connectivity index (χ1v) is 19.5. The van der Waals surface area contributed by atoms with Crippen LogP contribution >= 0.6 is 11.6 Å². The predicted octanol–water partition coefficient (Wildman–Crippen LogP) is 5.80. The molecule has 0 spiro atoms. The Kier molecular flexibility index (Phi) is 15.6. The van der Waals surface area contributed by atoms with Crippen LogP contribution in [0.15, 0.2) is 24.3 Å². The summed E-state index contributed by atoms with van der Waals surface area (Å²) in [6.07, 6.45) is -4.23. The van der Waals surface area contributed by atoms with Gasteiger partial charge < -0.3 is 30.9 Å². The van der Waals surface area contributed by atoms with Crippen molar-refractivity contribution in [3.63, 3.8) is 0 Å². The minimum Gasteiger partial charge on any atom is -0.475 e. The maximum Gasteiger partial charge on any atom is 0.490 e. The molecule has 2 amide bonds. The Balaban J connectivity index is 0.000000512. The number of carbonyl (C=O) groups excluding carboxylic acids is 1. The molecule has 15 nitrogen and oxygen atoms in total. The molecule has 23 heteroatoms. The molecule has 5 rings (SSSR count). The van der Waals surface area contributed by atoms with Gasteiger partial charge in [-0.15, -0.1) is 0 Å². The second kappa shape index (κ2) is 18.9. The molecule has 1 aromatic heterocycles. The predicted molar refractivity (Wildman–Crippen MR) is 189 cm³/mol. The van der Waals surface area contributed by atoms with Crippen LogP contribution in [-0.4, -0.2) is 111 Å². The van der Waals surface area contributed by atoms with E-state index in [4.69, 9.17) is 47.2 Å². The summed E-state index contributed by atoms with van der Waals surface area (Å²) >= 11 is 6.64. The number of carboxylic acids is 2. The molecule has 2 saturated heterocycles. The van der Waals surface area contributed by atoms with E-state index in [0.717, 1.165) is 50.5 Å². The van der Waals surface area contributed by atoms with Gasteiger partial charge in [0.1, 0.15) is 16.7 Å². The molecule has 2 aromatic rings. The monoisotopic (exact) mass is 848 g/mol. The number of aliphatic carboxylic acids is 2. The van der Waals surface area contributed by atoms with Crippen LogP contribution in [-0.2, 0) is 24.4 Å². The maximum atomic E-state index is 14.0. The van der Waals surface area contributed by atoms with Crippen LogP contribution in [0.1, 0.15) is 63.7 Å². The number of likely N-dealkylation sites (tertiary alicyclic amines) is 1. The van der Waals surface area contributed by atoms with Crippen molar-refractivity contribution >= 4 is 51.3 Å². The molecule has 3 fully saturated rings. The first-order chi connectivity index (χ1) is 25.8. The fraction of sp³-hybridized carbons (Fsp3) is 0.606. The summed E-state index contributed by atoms with van der Waals surface area (Å²) in [5, 5.41) is 25.9. The Bertz CT molecular complexity index is 1770. The summed E-state index contributed by atoms with van der Waals surface area (Å²) in [6.45, 7) is 3.66. The maximum absolute atomic E-state index is 14.0. The van der Waals surface area contributed by atoms with Crippen molar-refractivity contribution in [1.29, 1.82) is 0 Å². The highest BCUT2D eigenvalue weighted by molar-refractivity contribution is 7.88. The van der Waals surface area contributed by atoms with Crippen molar-refractivity contribution in [1.82, 2.24) is 19.2 Å². The van der Waals surface area contributed by atoms with Gasteiger partial charge in [-0.1, -0.05) is 23.7 Å². The van der Waals surface area contributed by atoms with Gasteiger partial charge in [-0.3, -0.25) is 10.1 Å². The van der Waals surface area contributed by atoms with Gasteiger partial charge in [0.05, 0.1) is 12.3 Å². The highest BCUT2D eigenvalue weighted by Gasteiger charge is 2.45. The molecule has 3 aliphatic rings. The lowest BCUT2D eigenvalue weighted by molar-refractivity contribution is -0.193. The van der Waals surface area contributed by atoms with Crippen molar-refractivity contribution in [2.24, 2.45) is 29.4 Å². The molecule has 314 valence electrons. The number of imidazole rings is 1. The lowest BCUT2D eigenvalue weighted by atomic mass is 9.78. The molecule has 1 aliphatic carbocycles. The number of aromatic amines is 1. The number of rotatable bonds is 7. The second-order valence-electron chi connectivity index (χ2n) is 13.9. The molecule has 0 radical (unpaired) electrons. The summed E-state index contributed by atoms with van der Waals surface area (Å²) in [5.74, 6) is -3.79. The molecule has 3 heterocycles. The van der Waals surface area contributed by atoms with Gasteiger partial charge in [-0.05, 0) is 81.8 Å². The zero-order chi connectivity index (χ0) is 42.3. The highest BCUT2D eigenvalue weighted by Crippen LogP contribution is 2.44. The Morgan fingerprint density at radius 2 is 1.41 bits per heavy atom. The number of carbonyl (C=O) groups is 4. The quantitative estimate of drug-likeness (QED) is 0.182. The number of hydrogen-bond donors (Lipinski definition) is 6. The largest absolute Gasteiger partial charge is 0.490 e. The van der Waals surface area contributed by atoms with Gasteiger partial charge in [0.15, 0.2) is 0 Å². The highest BCUT2D eigenvalue weighted by atomic mass is 35.5. The van der Waals surface area contributed by atoms with E-state index >= 15 is 0 Å². The molecular formula is C33H43ClF6N6O9S. The fourth-order valence-electron chi connectivity index (χ4n) is 7.07. The molecular weight excluding hydrogens is 806 g/mol. The third-order valence-corrected chi connectivity index (χ3v) is 11.6. The van der Waals surface area contributed by atoms with Crippen LogP contribution in [0.4, 0.5) is 36.8 Å². The molecule has 0 bridgehead atoms. The number of anilines is 1. The van der Waals surface area contributed by atoms with E-state index < -0.39 is 40.4 Å². The SMILES string of the molecule is C[C@H](N)C1CCC(C(=O)N2C[C@@H](C3CCN(S(C)(=O)=O)CC3)C[C@H]2c2nc(-c3ccc(NC(=O)O)cc3)c(Cl)[nH]2)CC1.O=C(O)C(F)(F)F.O=C(O)C(F)(F)F. The molecule has 2 aliphatic heterocycles. The van der Waals surface area contributed by atoms with Gasteiger partial charge >= 0.3 is 30.4 Å². The smallest absolute Gasteiger partial charge is 0.475 e. The van der Waals surface area contributed by atoms with Crippen molar-refractivity contribution in [3.8, 4) is 11.3 Å².